The van der Waals surface area contributed by atoms with Gasteiger partial charge >= 0.3 is 0 Å². The minimum absolute atomic E-state index is 0.0416. The van der Waals surface area contributed by atoms with Gasteiger partial charge in [-0.1, -0.05) is 36.4 Å². The van der Waals surface area contributed by atoms with Gasteiger partial charge in [0.2, 0.25) is 23.6 Å². The molecule has 0 bridgehead atoms. The smallest absolute Gasteiger partial charge is 0.241 e. The van der Waals surface area contributed by atoms with E-state index < -0.39 is 11.3 Å². The number of hydrogen-bond donors (Lipinski definition) is 1. The normalized spacial score (nSPS) is 23.9. The van der Waals surface area contributed by atoms with E-state index in [0.717, 1.165) is 4.88 Å². The number of imide groups is 1. The highest BCUT2D eigenvalue weighted by molar-refractivity contribution is 7.09. The van der Waals surface area contributed by atoms with Crippen molar-refractivity contribution >= 4 is 35.0 Å². The average Bonchev–Trinajstić information content (AvgIpc) is 3.37. The van der Waals surface area contributed by atoms with E-state index in [2.05, 4.69) is 0 Å². The third kappa shape index (κ3) is 4.12. The largest absolute Gasteiger partial charge is 0.369 e. The van der Waals surface area contributed by atoms with Crippen molar-refractivity contribution in [2.24, 2.45) is 11.7 Å². The van der Waals surface area contributed by atoms with Crippen LogP contribution in [-0.4, -0.2) is 46.5 Å². The van der Waals surface area contributed by atoms with Gasteiger partial charge in [-0.25, -0.2) is 0 Å². The summed E-state index contributed by atoms with van der Waals surface area (Å²) in [5.41, 5.74) is 4.89. The molecule has 162 valence electrons. The molecule has 31 heavy (non-hydrogen) atoms. The Hall–Kier alpha value is -3.00. The number of carbonyl (C=O) groups is 4. The van der Waals surface area contributed by atoms with Crippen LogP contribution >= 0.6 is 11.3 Å². The summed E-state index contributed by atoms with van der Waals surface area (Å²) < 4.78 is 0. The van der Waals surface area contributed by atoms with Gasteiger partial charge in [0.05, 0.1) is 17.9 Å². The predicted molar refractivity (Wildman–Crippen MR) is 116 cm³/mol. The van der Waals surface area contributed by atoms with Gasteiger partial charge in [0.25, 0.3) is 0 Å². The molecule has 0 saturated carbocycles. The Balaban J connectivity index is 1.62. The van der Waals surface area contributed by atoms with Gasteiger partial charge in [0.1, 0.15) is 0 Å². The molecule has 0 radical (unpaired) electrons. The Morgan fingerprint density at radius 2 is 1.90 bits per heavy atom. The van der Waals surface area contributed by atoms with Crippen LogP contribution in [0.2, 0.25) is 0 Å². The zero-order chi connectivity index (χ0) is 22.0. The Morgan fingerprint density at radius 3 is 2.58 bits per heavy atom. The highest BCUT2D eigenvalue weighted by Gasteiger charge is 2.54. The number of carbonyl (C=O) groups excluding carboxylic acids is 4. The van der Waals surface area contributed by atoms with Gasteiger partial charge in [-0.2, -0.15) is 0 Å². The second-order valence-electron chi connectivity index (χ2n) is 8.25. The summed E-state index contributed by atoms with van der Waals surface area (Å²) in [5, 5.41) is 1.90. The molecule has 4 amide bonds. The van der Waals surface area contributed by atoms with Gasteiger partial charge < -0.3 is 10.6 Å². The third-order valence-electron chi connectivity index (χ3n) is 6.26. The van der Waals surface area contributed by atoms with Crippen LogP contribution in [0.1, 0.15) is 36.1 Å². The molecule has 4 rings (SSSR count). The summed E-state index contributed by atoms with van der Waals surface area (Å²) in [6.45, 7) is 1.00. The van der Waals surface area contributed by atoms with Crippen LogP contribution in [0.25, 0.3) is 0 Å². The maximum absolute atomic E-state index is 13.6. The number of piperidine rings is 1. The molecule has 2 aromatic rings. The fraction of sp³-hybridized carbons (Fsp3) is 0.391. The highest BCUT2D eigenvalue weighted by atomic mass is 32.1. The van der Waals surface area contributed by atoms with E-state index in [9.17, 15) is 19.2 Å². The standard InChI is InChI=1S/C23H25N3O4S/c24-21(29)16-6-4-10-25(14-16)19(27)12-23(17-7-2-1-3-8-17)13-20(28)26(22(23)30)15-18-9-5-11-31-18/h1-3,5,7-9,11,16H,4,6,10,12-15H2,(H2,24,29)/t16-,23-/m0/s1. The molecule has 8 heteroatoms. The van der Waals surface area contributed by atoms with Gasteiger partial charge in [-0.15, -0.1) is 11.3 Å². The molecule has 1 aromatic heterocycles. The highest BCUT2D eigenvalue weighted by Crippen LogP contribution is 2.41. The van der Waals surface area contributed by atoms with Crippen molar-refractivity contribution in [3.8, 4) is 0 Å². The molecule has 2 aliphatic heterocycles. The number of nitrogens with two attached hydrogens (primary N) is 1. The minimum Gasteiger partial charge on any atom is -0.369 e. The Morgan fingerprint density at radius 1 is 1.13 bits per heavy atom. The summed E-state index contributed by atoms with van der Waals surface area (Å²) in [5.74, 6) is -1.63. The number of benzene rings is 1. The summed E-state index contributed by atoms with van der Waals surface area (Å²) in [7, 11) is 0. The summed E-state index contributed by atoms with van der Waals surface area (Å²) in [4.78, 5) is 55.2. The number of primary amides is 1. The fourth-order valence-corrected chi connectivity index (χ4v) is 5.24. The van der Waals surface area contributed by atoms with Crippen molar-refractivity contribution in [3.63, 3.8) is 0 Å². The molecule has 2 aliphatic rings. The number of hydrogen-bond acceptors (Lipinski definition) is 5. The first-order valence-corrected chi connectivity index (χ1v) is 11.3. The van der Waals surface area contributed by atoms with E-state index in [1.165, 1.54) is 16.2 Å². The lowest BCUT2D eigenvalue weighted by Gasteiger charge is -2.34. The molecule has 3 heterocycles. The van der Waals surface area contributed by atoms with E-state index in [4.69, 9.17) is 5.73 Å². The molecule has 7 nitrogen and oxygen atoms in total. The van der Waals surface area contributed by atoms with Gasteiger partial charge in [0, 0.05) is 30.8 Å². The fourth-order valence-electron chi connectivity index (χ4n) is 4.55. The van der Waals surface area contributed by atoms with Crippen LogP contribution in [0.4, 0.5) is 0 Å². The quantitative estimate of drug-likeness (QED) is 0.696. The lowest BCUT2D eigenvalue weighted by Crippen LogP contribution is -2.47. The molecule has 0 spiro atoms. The average molecular weight is 440 g/mol. The Bertz CT molecular complexity index is 992. The first kappa shape index (κ1) is 21.2. The molecule has 1 aromatic carbocycles. The van der Waals surface area contributed by atoms with Crippen molar-refractivity contribution in [3.05, 3.63) is 58.3 Å². The second-order valence-corrected chi connectivity index (χ2v) is 9.28. The van der Waals surface area contributed by atoms with E-state index in [0.29, 0.717) is 24.9 Å². The minimum atomic E-state index is -1.23. The van der Waals surface area contributed by atoms with E-state index in [1.54, 1.807) is 17.0 Å². The number of nitrogens with zero attached hydrogens (tertiary/aromatic N) is 2. The van der Waals surface area contributed by atoms with Crippen LogP contribution in [0.5, 0.6) is 0 Å². The van der Waals surface area contributed by atoms with Crippen molar-refractivity contribution in [2.45, 2.75) is 37.6 Å². The second kappa shape index (κ2) is 8.63. The maximum Gasteiger partial charge on any atom is 0.241 e. The lowest BCUT2D eigenvalue weighted by molar-refractivity contribution is -0.144. The predicted octanol–water partition coefficient (Wildman–Crippen LogP) is 2.06. The van der Waals surface area contributed by atoms with Crippen LogP contribution in [0.3, 0.4) is 0 Å². The van der Waals surface area contributed by atoms with Crippen LogP contribution in [0.15, 0.2) is 47.8 Å². The van der Waals surface area contributed by atoms with Crippen molar-refractivity contribution < 1.29 is 19.2 Å². The maximum atomic E-state index is 13.6. The van der Waals surface area contributed by atoms with Crippen molar-refractivity contribution in [1.82, 2.24) is 9.80 Å². The molecule has 2 saturated heterocycles. The van der Waals surface area contributed by atoms with Gasteiger partial charge in [0.15, 0.2) is 0 Å². The summed E-state index contributed by atoms with van der Waals surface area (Å²) in [6.07, 6.45) is 1.21. The molecule has 0 unspecified atom stereocenters. The molecule has 0 aliphatic carbocycles. The molecular weight excluding hydrogens is 414 g/mol. The van der Waals surface area contributed by atoms with Crippen LogP contribution in [0, 0.1) is 5.92 Å². The van der Waals surface area contributed by atoms with Crippen molar-refractivity contribution in [2.75, 3.05) is 13.1 Å². The Kier molecular flexibility index (Phi) is 5.91. The SMILES string of the molecule is NC(=O)[C@H]1CCCN(C(=O)C[C@@]2(c3ccccc3)CC(=O)N(Cc3cccs3)C2=O)C1. The first-order valence-electron chi connectivity index (χ1n) is 10.4. The zero-order valence-corrected chi connectivity index (χ0v) is 18.0. The number of rotatable bonds is 6. The monoisotopic (exact) mass is 439 g/mol. The van der Waals surface area contributed by atoms with E-state index >= 15 is 0 Å². The van der Waals surface area contributed by atoms with Crippen LogP contribution < -0.4 is 5.73 Å². The number of likely N-dealkylation sites (tertiary alicyclic amines) is 2. The van der Waals surface area contributed by atoms with Gasteiger partial charge in [-0.3, -0.25) is 24.1 Å². The summed E-state index contributed by atoms with van der Waals surface area (Å²) in [6, 6.07) is 12.8. The Labute approximate surface area is 184 Å². The topological polar surface area (TPSA) is 101 Å². The zero-order valence-electron chi connectivity index (χ0n) is 17.2. The van der Waals surface area contributed by atoms with E-state index in [1.807, 2.05) is 35.7 Å². The third-order valence-corrected chi connectivity index (χ3v) is 7.12. The first-order chi connectivity index (χ1) is 14.9. The number of amides is 4. The summed E-state index contributed by atoms with van der Waals surface area (Å²) >= 11 is 1.48. The van der Waals surface area contributed by atoms with E-state index in [-0.39, 0.29) is 49.6 Å². The molecule has 2 N–H and O–H groups in total. The van der Waals surface area contributed by atoms with Crippen LogP contribution in [-0.2, 0) is 31.1 Å². The molecule has 2 fully saturated rings. The lowest BCUT2D eigenvalue weighted by atomic mass is 9.75. The number of thiophene rings is 1. The van der Waals surface area contributed by atoms with Crippen molar-refractivity contribution in [1.29, 1.82) is 0 Å². The molecular formula is C23H25N3O4S. The molecule has 2 atom stereocenters. The van der Waals surface area contributed by atoms with Gasteiger partial charge in [-0.05, 0) is 29.9 Å².